The third kappa shape index (κ3) is 3.88. The van der Waals surface area contributed by atoms with Crippen LogP contribution in [0.1, 0.15) is 23.7 Å². The van der Waals surface area contributed by atoms with Crippen molar-refractivity contribution in [2.24, 2.45) is 11.7 Å². The van der Waals surface area contributed by atoms with E-state index >= 15 is 0 Å². The average molecular weight is 317 g/mol. The smallest absolute Gasteiger partial charge is 0.422 e. The predicted molar refractivity (Wildman–Crippen MR) is 73.4 cm³/mol. The van der Waals surface area contributed by atoms with Gasteiger partial charge in [0.05, 0.1) is 0 Å². The third-order valence-corrected chi connectivity index (χ3v) is 3.63. The summed E-state index contributed by atoms with van der Waals surface area (Å²) in [6.07, 6.45) is -2.41. The van der Waals surface area contributed by atoms with Crippen molar-refractivity contribution < 1.29 is 22.7 Å². The van der Waals surface area contributed by atoms with Crippen molar-refractivity contribution in [2.75, 3.05) is 19.7 Å². The molecule has 0 bridgehead atoms. The van der Waals surface area contributed by atoms with Gasteiger partial charge in [0.2, 0.25) is 5.88 Å². The Morgan fingerprint density at radius 3 is 2.86 bits per heavy atom. The molecule has 2 heterocycles. The molecule has 1 fully saturated rings. The molecule has 1 amide bonds. The minimum absolute atomic E-state index is 0.0169. The highest BCUT2D eigenvalue weighted by molar-refractivity contribution is 5.96. The lowest BCUT2D eigenvalue weighted by Crippen LogP contribution is -2.35. The van der Waals surface area contributed by atoms with Crippen molar-refractivity contribution in [3.63, 3.8) is 0 Å². The molecular weight excluding hydrogens is 299 g/mol. The van der Waals surface area contributed by atoms with Gasteiger partial charge in [0.15, 0.2) is 6.61 Å². The maximum absolute atomic E-state index is 12.5. The molecule has 2 N–H and O–H groups in total. The van der Waals surface area contributed by atoms with Crippen LogP contribution in [0.2, 0.25) is 0 Å². The summed E-state index contributed by atoms with van der Waals surface area (Å²) in [5.41, 5.74) is 5.66. The molecule has 2 rings (SSSR count). The van der Waals surface area contributed by atoms with E-state index < -0.39 is 12.8 Å². The molecular formula is C14H18F3N3O2. The van der Waals surface area contributed by atoms with Crippen LogP contribution in [-0.4, -0.2) is 47.7 Å². The van der Waals surface area contributed by atoms with Crippen LogP contribution in [0, 0.1) is 5.92 Å². The number of nitrogens with zero attached hydrogens (tertiary/aromatic N) is 2. The number of nitrogens with two attached hydrogens (primary N) is 1. The van der Waals surface area contributed by atoms with Crippen molar-refractivity contribution in [3.8, 4) is 5.88 Å². The Kier molecular flexibility index (Phi) is 4.90. The van der Waals surface area contributed by atoms with Gasteiger partial charge in [0, 0.05) is 18.8 Å². The minimum atomic E-state index is -4.48. The highest BCUT2D eigenvalue weighted by atomic mass is 19.4. The van der Waals surface area contributed by atoms with Gasteiger partial charge in [-0.25, -0.2) is 4.98 Å². The van der Waals surface area contributed by atoms with E-state index in [1.54, 1.807) is 4.90 Å². The number of amides is 1. The Hall–Kier alpha value is -1.83. The second-order valence-corrected chi connectivity index (χ2v) is 5.40. The van der Waals surface area contributed by atoms with Crippen LogP contribution in [0.15, 0.2) is 18.3 Å². The molecule has 1 aliphatic heterocycles. The first-order valence-electron chi connectivity index (χ1n) is 6.97. The number of hydrogen-bond donors (Lipinski definition) is 1. The lowest BCUT2D eigenvalue weighted by atomic mass is 10.1. The highest BCUT2D eigenvalue weighted by Crippen LogP contribution is 2.27. The van der Waals surface area contributed by atoms with E-state index in [9.17, 15) is 18.0 Å². The molecule has 0 spiro atoms. The van der Waals surface area contributed by atoms with Gasteiger partial charge in [-0.15, -0.1) is 0 Å². The number of halogens is 3. The maximum Gasteiger partial charge on any atom is 0.422 e. The number of hydrogen-bond acceptors (Lipinski definition) is 4. The summed E-state index contributed by atoms with van der Waals surface area (Å²) in [7, 11) is 0. The summed E-state index contributed by atoms with van der Waals surface area (Å²) in [5.74, 6) is -0.475. The molecule has 2 atom stereocenters. The van der Waals surface area contributed by atoms with Crippen LogP contribution in [-0.2, 0) is 0 Å². The summed E-state index contributed by atoms with van der Waals surface area (Å²) in [4.78, 5) is 17.9. The number of pyridine rings is 1. The average Bonchev–Trinajstić information content (AvgIpc) is 2.85. The zero-order valence-electron chi connectivity index (χ0n) is 12.1. The highest BCUT2D eigenvalue weighted by Gasteiger charge is 2.34. The fourth-order valence-electron chi connectivity index (χ4n) is 2.57. The van der Waals surface area contributed by atoms with E-state index in [1.807, 2.05) is 6.92 Å². The summed E-state index contributed by atoms with van der Waals surface area (Å²) in [5, 5.41) is 0. The van der Waals surface area contributed by atoms with E-state index in [-0.39, 0.29) is 29.3 Å². The van der Waals surface area contributed by atoms with Crippen LogP contribution in [0.4, 0.5) is 13.2 Å². The number of ether oxygens (including phenoxy) is 1. The van der Waals surface area contributed by atoms with E-state index in [1.165, 1.54) is 18.3 Å². The number of carbonyl (C=O) groups excluding carboxylic acids is 1. The SMILES string of the molecule is CC1CC(CN)CN1C(=O)c1cccnc1OCC(F)(F)F. The molecule has 1 saturated heterocycles. The molecule has 0 aliphatic carbocycles. The van der Waals surface area contributed by atoms with Gasteiger partial charge in [-0.3, -0.25) is 4.79 Å². The van der Waals surface area contributed by atoms with Gasteiger partial charge >= 0.3 is 6.18 Å². The Bertz CT molecular complexity index is 536. The lowest BCUT2D eigenvalue weighted by Gasteiger charge is -2.22. The van der Waals surface area contributed by atoms with E-state index in [0.29, 0.717) is 13.1 Å². The second kappa shape index (κ2) is 6.51. The van der Waals surface area contributed by atoms with Crippen molar-refractivity contribution in [3.05, 3.63) is 23.9 Å². The molecule has 1 aliphatic rings. The zero-order valence-corrected chi connectivity index (χ0v) is 12.1. The van der Waals surface area contributed by atoms with Crippen molar-refractivity contribution >= 4 is 5.91 Å². The van der Waals surface area contributed by atoms with Crippen molar-refractivity contribution in [2.45, 2.75) is 25.6 Å². The summed E-state index contributed by atoms with van der Waals surface area (Å²) >= 11 is 0. The van der Waals surface area contributed by atoms with Gasteiger partial charge in [-0.2, -0.15) is 13.2 Å². The maximum atomic E-state index is 12.5. The van der Waals surface area contributed by atoms with Gasteiger partial charge in [-0.1, -0.05) is 0 Å². The normalized spacial score (nSPS) is 22.0. The standard InChI is InChI=1S/C14H18F3N3O2/c1-9-5-10(6-18)7-20(9)13(21)11-3-2-4-19-12(11)22-8-14(15,16)17/h2-4,9-10H,5-8,18H2,1H3. The van der Waals surface area contributed by atoms with Gasteiger partial charge < -0.3 is 15.4 Å². The van der Waals surface area contributed by atoms with Crippen LogP contribution in [0.25, 0.3) is 0 Å². The molecule has 22 heavy (non-hydrogen) atoms. The summed E-state index contributed by atoms with van der Waals surface area (Å²) < 4.78 is 41.5. The molecule has 1 aromatic rings. The van der Waals surface area contributed by atoms with Crippen molar-refractivity contribution in [1.29, 1.82) is 0 Å². The minimum Gasteiger partial charge on any atom is -0.467 e. The Morgan fingerprint density at radius 1 is 1.55 bits per heavy atom. The molecule has 0 saturated carbocycles. The molecule has 0 radical (unpaired) electrons. The fourth-order valence-corrected chi connectivity index (χ4v) is 2.57. The van der Waals surface area contributed by atoms with Crippen LogP contribution in [0.5, 0.6) is 5.88 Å². The van der Waals surface area contributed by atoms with Crippen LogP contribution < -0.4 is 10.5 Å². The Morgan fingerprint density at radius 2 is 2.27 bits per heavy atom. The lowest BCUT2D eigenvalue weighted by molar-refractivity contribution is -0.154. The first-order chi connectivity index (χ1) is 10.3. The molecule has 0 aromatic carbocycles. The van der Waals surface area contributed by atoms with Gasteiger partial charge in [0.1, 0.15) is 5.56 Å². The summed E-state index contributed by atoms with van der Waals surface area (Å²) in [6, 6.07) is 2.90. The third-order valence-electron chi connectivity index (χ3n) is 3.63. The number of carbonyl (C=O) groups is 1. The predicted octanol–water partition coefficient (Wildman–Crippen LogP) is 1.83. The first-order valence-corrected chi connectivity index (χ1v) is 6.97. The first kappa shape index (κ1) is 16.5. The second-order valence-electron chi connectivity index (χ2n) is 5.40. The summed E-state index contributed by atoms with van der Waals surface area (Å²) in [6.45, 7) is 1.37. The van der Waals surface area contributed by atoms with E-state index in [2.05, 4.69) is 9.72 Å². The molecule has 122 valence electrons. The molecule has 2 unspecified atom stereocenters. The quantitative estimate of drug-likeness (QED) is 0.920. The Balaban J connectivity index is 2.16. The largest absolute Gasteiger partial charge is 0.467 e. The van der Waals surface area contributed by atoms with Gasteiger partial charge in [0.25, 0.3) is 5.91 Å². The number of rotatable bonds is 4. The zero-order chi connectivity index (χ0) is 16.3. The van der Waals surface area contributed by atoms with E-state index in [4.69, 9.17) is 5.73 Å². The van der Waals surface area contributed by atoms with Crippen LogP contribution >= 0.6 is 0 Å². The fraction of sp³-hybridized carbons (Fsp3) is 0.571. The molecule has 8 heteroatoms. The number of aromatic nitrogens is 1. The van der Waals surface area contributed by atoms with Crippen molar-refractivity contribution in [1.82, 2.24) is 9.88 Å². The number of likely N-dealkylation sites (tertiary alicyclic amines) is 1. The number of alkyl halides is 3. The molecule has 1 aromatic heterocycles. The van der Waals surface area contributed by atoms with Gasteiger partial charge in [-0.05, 0) is 37.9 Å². The topological polar surface area (TPSA) is 68.5 Å². The van der Waals surface area contributed by atoms with E-state index in [0.717, 1.165) is 6.42 Å². The van der Waals surface area contributed by atoms with Crippen LogP contribution in [0.3, 0.4) is 0 Å². The Labute approximate surface area is 126 Å². The monoisotopic (exact) mass is 317 g/mol. The molecule has 5 nitrogen and oxygen atoms in total.